The van der Waals surface area contributed by atoms with Gasteiger partial charge in [-0.1, -0.05) is 24.3 Å². The fourth-order valence-electron chi connectivity index (χ4n) is 4.33. The zero-order valence-electron chi connectivity index (χ0n) is 12.7. The van der Waals surface area contributed by atoms with Gasteiger partial charge >= 0.3 is 0 Å². The van der Waals surface area contributed by atoms with E-state index in [9.17, 15) is 5.11 Å². The molecule has 4 heteroatoms. The van der Waals surface area contributed by atoms with Crippen molar-refractivity contribution in [2.45, 2.75) is 25.0 Å². The molecule has 0 bridgehead atoms. The van der Waals surface area contributed by atoms with Crippen molar-refractivity contribution in [1.29, 1.82) is 0 Å². The highest BCUT2D eigenvalue weighted by Gasteiger charge is 2.44. The Kier molecular flexibility index (Phi) is 2.70. The molecular formula is C19H18N3O+. The van der Waals surface area contributed by atoms with Gasteiger partial charge in [-0.05, 0) is 24.5 Å². The number of imidazole rings is 1. The molecule has 0 amide bonds. The third-order valence-electron chi connectivity index (χ3n) is 5.39. The van der Waals surface area contributed by atoms with Crippen LogP contribution < -0.4 is 4.57 Å². The molecule has 0 saturated carbocycles. The molecule has 0 spiro atoms. The van der Waals surface area contributed by atoms with E-state index in [1.807, 2.05) is 31.0 Å². The monoisotopic (exact) mass is 304 g/mol. The molecule has 3 heterocycles. The second kappa shape index (κ2) is 4.77. The van der Waals surface area contributed by atoms with Gasteiger partial charge in [0.2, 0.25) is 6.33 Å². The van der Waals surface area contributed by atoms with Crippen LogP contribution in [0.1, 0.15) is 35.3 Å². The predicted molar refractivity (Wildman–Crippen MR) is 85.6 cm³/mol. The number of hydrogen-bond donors (Lipinski definition) is 2. The van der Waals surface area contributed by atoms with E-state index >= 15 is 0 Å². The number of aromatic nitrogens is 3. The van der Waals surface area contributed by atoms with Gasteiger partial charge in [-0.3, -0.25) is 4.98 Å². The average molecular weight is 304 g/mol. The number of aromatic amines is 1. The number of hydrogen-bond acceptors (Lipinski definition) is 2. The third kappa shape index (κ3) is 1.75. The first kappa shape index (κ1) is 13.0. The molecule has 23 heavy (non-hydrogen) atoms. The number of benzene rings is 1. The summed E-state index contributed by atoms with van der Waals surface area (Å²) >= 11 is 0. The zero-order valence-corrected chi connectivity index (χ0v) is 12.7. The minimum Gasteiger partial charge on any atom is -0.388 e. The number of nitrogens with zero attached hydrogens (tertiary/aromatic N) is 2. The average Bonchev–Trinajstić information content (AvgIpc) is 3.17. The summed E-state index contributed by atoms with van der Waals surface area (Å²) in [7, 11) is 0. The number of aliphatic hydroxyl groups is 1. The second-order valence-electron chi connectivity index (χ2n) is 6.49. The Morgan fingerprint density at radius 2 is 2.09 bits per heavy atom. The van der Waals surface area contributed by atoms with Crippen LogP contribution in [0.5, 0.6) is 0 Å². The molecule has 2 N–H and O–H groups in total. The fourth-order valence-corrected chi connectivity index (χ4v) is 4.33. The SMILES string of the molecule is O[C@@H]1c2cnccc2CC[C@H]1[C@H]1c2ccccc2-c2c[nH]c[n+]21. The molecule has 2 aliphatic rings. The normalized spacial score (nSPS) is 24.8. The molecule has 2 aromatic heterocycles. The Labute approximate surface area is 134 Å². The molecule has 3 atom stereocenters. The Balaban J connectivity index is 1.64. The fraction of sp³-hybridized carbons (Fsp3) is 0.263. The van der Waals surface area contributed by atoms with E-state index in [1.54, 1.807) is 0 Å². The van der Waals surface area contributed by atoms with Gasteiger partial charge in [0.25, 0.3) is 0 Å². The highest BCUT2D eigenvalue weighted by Crippen LogP contribution is 2.45. The maximum atomic E-state index is 11.0. The molecular weight excluding hydrogens is 286 g/mol. The summed E-state index contributed by atoms with van der Waals surface area (Å²) < 4.78 is 2.28. The number of H-pyrrole nitrogens is 1. The predicted octanol–water partition coefficient (Wildman–Crippen LogP) is 2.56. The Bertz CT molecular complexity index is 886. The van der Waals surface area contributed by atoms with Gasteiger partial charge in [-0.25, -0.2) is 9.55 Å². The van der Waals surface area contributed by atoms with Crippen LogP contribution in [0.4, 0.5) is 0 Å². The van der Waals surface area contributed by atoms with Crippen molar-refractivity contribution in [2.75, 3.05) is 0 Å². The van der Waals surface area contributed by atoms with Gasteiger partial charge in [0, 0.05) is 35.0 Å². The molecule has 4 nitrogen and oxygen atoms in total. The molecule has 0 unspecified atom stereocenters. The summed E-state index contributed by atoms with van der Waals surface area (Å²) in [6, 6.07) is 10.7. The number of pyridine rings is 1. The maximum absolute atomic E-state index is 11.0. The Hall–Kier alpha value is -2.46. The van der Waals surface area contributed by atoms with Crippen molar-refractivity contribution in [3.8, 4) is 11.3 Å². The second-order valence-corrected chi connectivity index (χ2v) is 6.49. The van der Waals surface area contributed by atoms with Gasteiger partial charge in [0.1, 0.15) is 12.2 Å². The summed E-state index contributed by atoms with van der Waals surface area (Å²) in [5.41, 5.74) is 6.01. The first-order chi connectivity index (χ1) is 11.3. The lowest BCUT2D eigenvalue weighted by Crippen LogP contribution is -2.43. The van der Waals surface area contributed by atoms with Crippen LogP contribution in [0, 0.1) is 5.92 Å². The van der Waals surface area contributed by atoms with Gasteiger partial charge in [0.15, 0.2) is 5.69 Å². The molecule has 114 valence electrons. The molecule has 0 fully saturated rings. The van der Waals surface area contributed by atoms with Crippen molar-refractivity contribution in [1.82, 2.24) is 9.97 Å². The zero-order chi connectivity index (χ0) is 15.4. The van der Waals surface area contributed by atoms with E-state index in [4.69, 9.17) is 0 Å². The van der Waals surface area contributed by atoms with Crippen LogP contribution >= 0.6 is 0 Å². The molecule has 1 aliphatic carbocycles. The van der Waals surface area contributed by atoms with Crippen LogP contribution in [0.25, 0.3) is 11.3 Å². The van der Waals surface area contributed by atoms with Crippen molar-refractivity contribution in [3.05, 3.63) is 71.9 Å². The van der Waals surface area contributed by atoms with Crippen molar-refractivity contribution in [2.24, 2.45) is 5.92 Å². The van der Waals surface area contributed by atoms with Crippen LogP contribution in [-0.4, -0.2) is 15.1 Å². The van der Waals surface area contributed by atoms with E-state index in [2.05, 4.69) is 38.8 Å². The van der Waals surface area contributed by atoms with Crippen LogP contribution in [0.15, 0.2) is 55.2 Å². The molecule has 5 rings (SSSR count). The number of aliphatic hydroxyl groups excluding tert-OH is 1. The van der Waals surface area contributed by atoms with Gasteiger partial charge in [0.05, 0.1) is 6.10 Å². The summed E-state index contributed by atoms with van der Waals surface area (Å²) in [5.74, 6) is 0.162. The summed E-state index contributed by atoms with van der Waals surface area (Å²) in [6.45, 7) is 0. The number of fused-ring (bicyclic) bond motifs is 4. The first-order valence-corrected chi connectivity index (χ1v) is 8.12. The largest absolute Gasteiger partial charge is 0.388 e. The number of nitrogens with one attached hydrogen (secondary N) is 1. The van der Waals surface area contributed by atoms with Crippen molar-refractivity contribution >= 4 is 0 Å². The minimum absolute atomic E-state index is 0.162. The van der Waals surface area contributed by atoms with Gasteiger partial charge < -0.3 is 5.11 Å². The smallest absolute Gasteiger partial charge is 0.242 e. The van der Waals surface area contributed by atoms with Gasteiger partial charge in [-0.15, -0.1) is 0 Å². The quantitative estimate of drug-likeness (QED) is 0.679. The first-order valence-electron chi connectivity index (χ1n) is 8.12. The van der Waals surface area contributed by atoms with Crippen molar-refractivity contribution < 1.29 is 9.67 Å². The molecule has 1 aliphatic heterocycles. The van der Waals surface area contributed by atoms with E-state index < -0.39 is 6.10 Å². The van der Waals surface area contributed by atoms with E-state index in [-0.39, 0.29) is 12.0 Å². The Morgan fingerprint density at radius 1 is 1.17 bits per heavy atom. The van der Waals surface area contributed by atoms with Crippen LogP contribution in [-0.2, 0) is 6.42 Å². The molecule has 1 aromatic carbocycles. The topological polar surface area (TPSA) is 52.8 Å². The maximum Gasteiger partial charge on any atom is 0.242 e. The minimum atomic E-state index is -0.473. The lowest BCUT2D eigenvalue weighted by molar-refractivity contribution is -0.705. The van der Waals surface area contributed by atoms with E-state index in [1.165, 1.54) is 22.4 Å². The van der Waals surface area contributed by atoms with Gasteiger partial charge in [-0.2, -0.15) is 0 Å². The standard InChI is InChI=1S/C19H17N3O/c23-19-15(6-5-12-7-8-20-9-16(12)19)18-14-4-2-1-3-13(14)17-10-21-11-22(17)18/h1-4,7-11,15,18-19,23H,5-6H2/p+1/t15-,18+,19-/m0/s1. The van der Waals surface area contributed by atoms with Crippen LogP contribution in [0.2, 0.25) is 0 Å². The lowest BCUT2D eigenvalue weighted by atomic mass is 9.76. The van der Waals surface area contributed by atoms with Crippen LogP contribution in [0.3, 0.4) is 0 Å². The summed E-state index contributed by atoms with van der Waals surface area (Å²) in [4.78, 5) is 7.43. The number of rotatable bonds is 1. The molecule has 0 saturated heterocycles. The highest BCUT2D eigenvalue weighted by atomic mass is 16.3. The van der Waals surface area contributed by atoms with Crippen molar-refractivity contribution in [3.63, 3.8) is 0 Å². The third-order valence-corrected chi connectivity index (χ3v) is 5.39. The molecule has 3 aromatic rings. The summed E-state index contributed by atoms with van der Waals surface area (Å²) in [5, 5.41) is 11.0. The van der Waals surface area contributed by atoms with E-state index in [0.717, 1.165) is 18.4 Å². The number of aryl methyl sites for hydroxylation is 1. The molecule has 0 radical (unpaired) electrons. The Morgan fingerprint density at radius 3 is 3.04 bits per heavy atom. The van der Waals surface area contributed by atoms with E-state index in [0.29, 0.717) is 0 Å². The highest BCUT2D eigenvalue weighted by molar-refractivity contribution is 5.63. The lowest BCUT2D eigenvalue weighted by Gasteiger charge is -2.32. The summed E-state index contributed by atoms with van der Waals surface area (Å²) in [6.07, 6.45) is 9.22.